The third-order valence-electron chi connectivity index (χ3n) is 6.52. The average Bonchev–Trinajstić information content (AvgIpc) is 3.53. The number of nitrogens with zero attached hydrogens (tertiary/aromatic N) is 7. The number of hydrogen-bond acceptors (Lipinski definition) is 10. The molecule has 15 heteroatoms. The average molecular weight is 582 g/mol. The van der Waals surface area contributed by atoms with Gasteiger partial charge in [0.2, 0.25) is 11.9 Å². The topological polar surface area (TPSA) is 160 Å². The third-order valence-corrected chi connectivity index (χ3v) is 6.79. The van der Waals surface area contributed by atoms with E-state index in [9.17, 15) is 19.1 Å². The number of amides is 2. The number of hydrogen-bond donors (Lipinski definition) is 3. The van der Waals surface area contributed by atoms with Gasteiger partial charge in [-0.15, -0.1) is 5.10 Å². The van der Waals surface area contributed by atoms with Crippen LogP contribution in [-0.4, -0.2) is 71.5 Å². The van der Waals surface area contributed by atoms with E-state index in [2.05, 4.69) is 35.8 Å². The number of aromatic nitrogens is 6. The Kier molecular flexibility index (Phi) is 7.77. The molecule has 0 spiro atoms. The molecule has 5 rings (SSSR count). The zero-order valence-corrected chi connectivity index (χ0v) is 22.9. The molecule has 1 aliphatic rings. The molecule has 212 valence electrons. The molecule has 1 aliphatic heterocycles. The van der Waals surface area contributed by atoms with Crippen molar-refractivity contribution in [3.8, 4) is 17.0 Å². The largest absolute Gasteiger partial charge is 0.497 e. The predicted molar refractivity (Wildman–Crippen MR) is 145 cm³/mol. The minimum Gasteiger partial charge on any atom is -0.497 e. The molecule has 0 radical (unpaired) electrons. The quantitative estimate of drug-likeness (QED) is 0.268. The molecular formula is C26H25ClFN9O4. The van der Waals surface area contributed by atoms with Crippen LogP contribution in [0.15, 0.2) is 42.9 Å². The summed E-state index contributed by atoms with van der Waals surface area (Å²) in [5.74, 6) is -0.620. The molecule has 2 atom stereocenters. The van der Waals surface area contributed by atoms with Gasteiger partial charge >= 0.3 is 0 Å². The second kappa shape index (κ2) is 11.4. The number of methoxy groups -OCH3 is 1. The zero-order valence-electron chi connectivity index (χ0n) is 22.2. The second-order valence-corrected chi connectivity index (χ2v) is 9.64. The van der Waals surface area contributed by atoms with Crippen LogP contribution in [0.2, 0.25) is 5.02 Å². The van der Waals surface area contributed by atoms with E-state index in [0.717, 1.165) is 0 Å². The predicted octanol–water partition coefficient (Wildman–Crippen LogP) is 2.41. The van der Waals surface area contributed by atoms with Crippen LogP contribution in [0.5, 0.6) is 5.75 Å². The highest BCUT2D eigenvalue weighted by atomic mass is 35.5. The highest BCUT2D eigenvalue weighted by Gasteiger charge is 2.36. The number of carbonyl (C=O) groups is 2. The molecule has 41 heavy (non-hydrogen) atoms. The zero-order chi connectivity index (χ0) is 29.3. The first-order chi connectivity index (χ1) is 19.7. The molecule has 2 amide bonds. The Morgan fingerprint density at radius 3 is 2.73 bits per heavy atom. The van der Waals surface area contributed by atoms with Crippen LogP contribution >= 0.6 is 11.6 Å². The van der Waals surface area contributed by atoms with Gasteiger partial charge in [-0.25, -0.2) is 14.4 Å². The highest BCUT2D eigenvalue weighted by Crippen LogP contribution is 2.31. The number of ether oxygens (including phenoxy) is 1. The molecule has 0 saturated carbocycles. The fraction of sp³-hybridized carbons (Fsp3) is 0.269. The summed E-state index contributed by atoms with van der Waals surface area (Å²) in [5.41, 5.74) is 1.92. The van der Waals surface area contributed by atoms with Crippen LogP contribution in [0.25, 0.3) is 11.3 Å². The lowest BCUT2D eigenvalue weighted by Gasteiger charge is -2.26. The van der Waals surface area contributed by atoms with Crippen molar-refractivity contribution in [2.45, 2.75) is 25.6 Å². The van der Waals surface area contributed by atoms with Gasteiger partial charge in [0.1, 0.15) is 17.6 Å². The van der Waals surface area contributed by atoms with Crippen molar-refractivity contribution in [1.29, 1.82) is 0 Å². The van der Waals surface area contributed by atoms with Crippen molar-refractivity contribution in [2.75, 3.05) is 19.0 Å². The summed E-state index contributed by atoms with van der Waals surface area (Å²) in [6, 6.07) is 3.69. The number of fused-ring (bicyclic) bond motifs is 1. The number of aryl methyl sites for hydroxylation is 1. The van der Waals surface area contributed by atoms with E-state index in [4.69, 9.17) is 16.3 Å². The SMILES string of the molecule is COc1cc(F)cc(C(CO)NC(=O)C(C)N2Cc3ncc(-c4nc(Nc5cnn(C)n5)ncc4Cl)cc3C2=O)c1. The molecule has 13 nitrogen and oxygen atoms in total. The number of rotatable bonds is 9. The van der Waals surface area contributed by atoms with Crippen molar-refractivity contribution >= 4 is 35.2 Å². The Labute approximate surface area is 238 Å². The summed E-state index contributed by atoms with van der Waals surface area (Å²) >= 11 is 6.37. The molecular weight excluding hydrogens is 557 g/mol. The van der Waals surface area contributed by atoms with Gasteiger partial charge in [-0.05, 0) is 30.7 Å². The van der Waals surface area contributed by atoms with Crippen molar-refractivity contribution < 1.29 is 23.8 Å². The van der Waals surface area contributed by atoms with Crippen LogP contribution in [0.1, 0.15) is 34.6 Å². The van der Waals surface area contributed by atoms with Gasteiger partial charge < -0.3 is 25.4 Å². The van der Waals surface area contributed by atoms with E-state index < -0.39 is 36.3 Å². The molecule has 0 bridgehead atoms. The molecule has 4 heterocycles. The van der Waals surface area contributed by atoms with Crippen LogP contribution in [0.3, 0.4) is 0 Å². The molecule has 3 N–H and O–H groups in total. The summed E-state index contributed by atoms with van der Waals surface area (Å²) in [5, 5.41) is 23.9. The minimum atomic E-state index is -0.921. The van der Waals surface area contributed by atoms with Crippen molar-refractivity contribution in [3.63, 3.8) is 0 Å². The van der Waals surface area contributed by atoms with E-state index in [1.54, 1.807) is 26.2 Å². The Hall–Kier alpha value is -4.69. The van der Waals surface area contributed by atoms with Gasteiger partial charge in [0.05, 0.1) is 60.7 Å². The summed E-state index contributed by atoms with van der Waals surface area (Å²) < 4.78 is 19.1. The molecule has 1 aromatic carbocycles. The van der Waals surface area contributed by atoms with E-state index >= 15 is 0 Å². The van der Waals surface area contributed by atoms with Gasteiger partial charge in [0.25, 0.3) is 5.91 Å². The lowest BCUT2D eigenvalue weighted by atomic mass is 10.1. The maximum atomic E-state index is 14.0. The normalized spacial score (nSPS) is 14.0. The third kappa shape index (κ3) is 5.78. The van der Waals surface area contributed by atoms with Gasteiger partial charge in [-0.3, -0.25) is 14.6 Å². The Morgan fingerprint density at radius 1 is 1.22 bits per heavy atom. The Morgan fingerprint density at radius 2 is 2.02 bits per heavy atom. The molecule has 2 unspecified atom stereocenters. The minimum absolute atomic E-state index is 0.0948. The number of nitrogens with one attached hydrogen (secondary N) is 2. The standard InChI is InChI=1S/C26H25ClFN9O4/c1-13(24(39)32-21(12-38)14-4-16(28)7-17(5-14)41-3)37-11-20-18(25(37)40)6-15(8-29-20)23-19(27)9-30-26(34-23)33-22-10-31-36(2)35-22/h4-10,13,21,38H,11-12H2,1-3H3,(H,32,39)(H,30,33,34,35). The van der Waals surface area contributed by atoms with Crippen molar-refractivity contribution in [2.24, 2.45) is 7.05 Å². The maximum Gasteiger partial charge on any atom is 0.256 e. The molecule has 0 aliphatic carbocycles. The fourth-order valence-corrected chi connectivity index (χ4v) is 4.55. The molecule has 0 fully saturated rings. The van der Waals surface area contributed by atoms with E-state index in [1.165, 1.54) is 47.4 Å². The monoisotopic (exact) mass is 581 g/mol. The van der Waals surface area contributed by atoms with Gasteiger partial charge in [-0.2, -0.15) is 9.90 Å². The lowest BCUT2D eigenvalue weighted by Crippen LogP contribution is -2.46. The van der Waals surface area contributed by atoms with E-state index in [1.807, 2.05) is 0 Å². The second-order valence-electron chi connectivity index (χ2n) is 9.23. The number of aliphatic hydroxyl groups is 1. The molecule has 0 saturated heterocycles. The van der Waals surface area contributed by atoms with Crippen LogP contribution < -0.4 is 15.4 Å². The first-order valence-corrected chi connectivity index (χ1v) is 12.8. The summed E-state index contributed by atoms with van der Waals surface area (Å²) in [7, 11) is 3.06. The van der Waals surface area contributed by atoms with Crippen molar-refractivity contribution in [3.05, 3.63) is 70.5 Å². The fourth-order valence-electron chi connectivity index (χ4n) is 4.35. The summed E-state index contributed by atoms with van der Waals surface area (Å²) in [6.07, 6.45) is 4.47. The van der Waals surface area contributed by atoms with E-state index in [0.29, 0.717) is 33.9 Å². The van der Waals surface area contributed by atoms with Crippen molar-refractivity contribution in [1.82, 2.24) is 40.2 Å². The first-order valence-electron chi connectivity index (χ1n) is 12.4. The first kappa shape index (κ1) is 27.9. The van der Waals surface area contributed by atoms with E-state index in [-0.39, 0.29) is 23.3 Å². The number of carbonyl (C=O) groups excluding carboxylic acids is 2. The maximum absolute atomic E-state index is 14.0. The highest BCUT2D eigenvalue weighted by molar-refractivity contribution is 6.33. The number of aliphatic hydroxyl groups excluding tert-OH is 1. The molecule has 3 aromatic heterocycles. The number of halogens is 2. The van der Waals surface area contributed by atoms with Gasteiger partial charge in [-0.1, -0.05) is 11.6 Å². The number of benzene rings is 1. The van der Waals surface area contributed by atoms with Crippen LogP contribution in [0, 0.1) is 5.82 Å². The van der Waals surface area contributed by atoms with Crippen LogP contribution in [0.4, 0.5) is 16.2 Å². The van der Waals surface area contributed by atoms with Gasteiger partial charge in [0, 0.05) is 24.9 Å². The summed E-state index contributed by atoms with van der Waals surface area (Å²) in [6.45, 7) is 1.17. The Bertz CT molecular complexity index is 1630. The number of anilines is 2. The Balaban J connectivity index is 1.33. The number of pyridine rings is 1. The van der Waals surface area contributed by atoms with Crippen LogP contribution in [-0.2, 0) is 18.4 Å². The van der Waals surface area contributed by atoms with Gasteiger partial charge in [0.15, 0.2) is 5.82 Å². The smallest absolute Gasteiger partial charge is 0.256 e. The molecule has 4 aromatic rings. The lowest BCUT2D eigenvalue weighted by molar-refractivity contribution is -0.126. The summed E-state index contributed by atoms with van der Waals surface area (Å²) in [4.78, 5) is 42.3.